The minimum absolute atomic E-state index is 0.115. The van der Waals surface area contributed by atoms with E-state index in [9.17, 15) is 0 Å². The van der Waals surface area contributed by atoms with Crippen molar-refractivity contribution in [2.75, 3.05) is 0 Å². The lowest BCUT2D eigenvalue weighted by Gasteiger charge is -2.22. The van der Waals surface area contributed by atoms with Gasteiger partial charge in [-0.3, -0.25) is 0 Å². The fraction of sp³-hybridized carbons (Fsp3) is 0.0656. The molecule has 0 amide bonds. The van der Waals surface area contributed by atoms with Crippen LogP contribution in [0.2, 0.25) is 0 Å². The molecule has 0 bridgehead atoms. The number of thiophene rings is 1. The molecular formula is C61H44N2S. The molecule has 0 atom stereocenters. The molecule has 1 aliphatic carbocycles. The van der Waals surface area contributed by atoms with Crippen molar-refractivity contribution in [3.63, 3.8) is 0 Å². The molecule has 0 unspecified atom stereocenters. The van der Waals surface area contributed by atoms with Gasteiger partial charge in [-0.1, -0.05) is 208 Å². The van der Waals surface area contributed by atoms with E-state index in [0.717, 1.165) is 22.2 Å². The molecule has 12 rings (SSSR count). The van der Waals surface area contributed by atoms with Crippen molar-refractivity contribution in [1.29, 1.82) is 0 Å². The number of benzene rings is 10. The van der Waals surface area contributed by atoms with Crippen LogP contribution in [0.5, 0.6) is 0 Å². The molecule has 1 aromatic heterocycles. The molecule has 304 valence electrons. The van der Waals surface area contributed by atoms with Crippen molar-refractivity contribution in [3.8, 4) is 33.4 Å². The van der Waals surface area contributed by atoms with Gasteiger partial charge in [-0.15, -0.1) is 11.3 Å². The molecule has 0 fully saturated rings. The Labute approximate surface area is 377 Å². The van der Waals surface area contributed by atoms with Gasteiger partial charge in [0.1, 0.15) is 5.84 Å². The van der Waals surface area contributed by atoms with Gasteiger partial charge in [-0.25, -0.2) is 4.99 Å². The molecule has 11 aromatic rings. The summed E-state index contributed by atoms with van der Waals surface area (Å²) in [4.78, 5) is 5.24. The predicted molar refractivity (Wildman–Crippen MR) is 276 cm³/mol. The molecule has 2 nitrogen and oxygen atoms in total. The molecule has 2 N–H and O–H groups in total. The van der Waals surface area contributed by atoms with Crippen molar-refractivity contribution >= 4 is 75.4 Å². The second-order valence-electron chi connectivity index (χ2n) is 17.5. The van der Waals surface area contributed by atoms with Crippen LogP contribution in [0.4, 0.5) is 0 Å². The second-order valence-corrected chi connectivity index (χ2v) is 18.6. The van der Waals surface area contributed by atoms with Gasteiger partial charge in [0.2, 0.25) is 0 Å². The van der Waals surface area contributed by atoms with Gasteiger partial charge >= 0.3 is 0 Å². The Morgan fingerprint density at radius 1 is 0.484 bits per heavy atom. The first-order valence-electron chi connectivity index (χ1n) is 22.1. The number of fused-ring (bicyclic) bond motifs is 10. The van der Waals surface area contributed by atoms with Crippen LogP contribution in [0.15, 0.2) is 211 Å². The van der Waals surface area contributed by atoms with Crippen molar-refractivity contribution in [3.05, 3.63) is 234 Å². The highest BCUT2D eigenvalue weighted by atomic mass is 32.1. The third-order valence-electron chi connectivity index (χ3n) is 13.6. The molecular weight excluding hydrogens is 793 g/mol. The summed E-state index contributed by atoms with van der Waals surface area (Å²) in [7, 11) is 0. The number of amidine groups is 1. The normalized spacial score (nSPS) is 13.6. The van der Waals surface area contributed by atoms with Crippen molar-refractivity contribution in [1.82, 2.24) is 0 Å². The fourth-order valence-electron chi connectivity index (χ4n) is 10.5. The molecule has 0 spiro atoms. The first-order chi connectivity index (χ1) is 31.4. The number of allylic oxidation sites excluding steroid dienone is 1. The first-order valence-corrected chi connectivity index (χ1v) is 23.0. The number of nitrogens with two attached hydrogens (primary N) is 1. The summed E-state index contributed by atoms with van der Waals surface area (Å²) >= 11 is 1.85. The van der Waals surface area contributed by atoms with Gasteiger partial charge in [0, 0.05) is 36.7 Å². The maximum Gasteiger partial charge on any atom is 0.131 e. The quantitative estimate of drug-likeness (QED) is 0.126. The number of aliphatic imine (C=N–C) groups is 1. The summed E-state index contributed by atoms with van der Waals surface area (Å²) in [5.74, 6) is 0.493. The Morgan fingerprint density at radius 3 is 1.83 bits per heavy atom. The van der Waals surface area contributed by atoms with Gasteiger partial charge < -0.3 is 5.73 Å². The summed E-state index contributed by atoms with van der Waals surface area (Å²) < 4.78 is 2.60. The van der Waals surface area contributed by atoms with Gasteiger partial charge in [0.05, 0.1) is 5.70 Å². The maximum absolute atomic E-state index is 6.85. The van der Waals surface area contributed by atoms with Crippen LogP contribution in [0, 0.1) is 0 Å². The monoisotopic (exact) mass is 836 g/mol. The van der Waals surface area contributed by atoms with Gasteiger partial charge in [0.25, 0.3) is 0 Å². The van der Waals surface area contributed by atoms with Crippen molar-refractivity contribution < 1.29 is 0 Å². The Morgan fingerprint density at radius 2 is 1.06 bits per heavy atom. The smallest absolute Gasteiger partial charge is 0.131 e. The summed E-state index contributed by atoms with van der Waals surface area (Å²) in [5, 5.41) is 9.97. The van der Waals surface area contributed by atoms with Gasteiger partial charge in [-0.2, -0.15) is 0 Å². The van der Waals surface area contributed by atoms with Crippen LogP contribution < -0.4 is 5.73 Å². The number of hydrogen-bond donors (Lipinski definition) is 1. The van der Waals surface area contributed by atoms with E-state index in [1.807, 2.05) is 41.7 Å². The Balaban J connectivity index is 1.02. The van der Waals surface area contributed by atoms with E-state index in [2.05, 4.69) is 190 Å². The third kappa shape index (κ3) is 6.03. The highest BCUT2D eigenvalue weighted by molar-refractivity contribution is 7.25. The summed E-state index contributed by atoms with van der Waals surface area (Å²) in [6.07, 6.45) is 2.98. The number of hydrogen-bond acceptors (Lipinski definition) is 2. The summed E-state index contributed by atoms with van der Waals surface area (Å²) in [5.41, 5.74) is 21.2. The highest BCUT2D eigenvalue weighted by Gasteiger charge is 2.38. The zero-order valence-electron chi connectivity index (χ0n) is 35.8. The van der Waals surface area contributed by atoms with Gasteiger partial charge in [-0.05, 0) is 101 Å². The number of rotatable bonds is 7. The fourth-order valence-corrected chi connectivity index (χ4v) is 11.7. The minimum Gasteiger partial charge on any atom is -0.383 e. The molecule has 3 heteroatoms. The van der Waals surface area contributed by atoms with Crippen LogP contribution in [0.3, 0.4) is 0 Å². The molecule has 0 saturated carbocycles. The standard InChI is InChI=1S/C61H44N2S/c1-61(2)52-27-15-26-50(59(52)58-41-20-7-6-16-38(41)30-36-53(58)61)48-33-32-46(42-21-8-9-22-43(42)48)47-34-35-49(45-24-11-10-23-44(45)47)54(63-60(62)40-17-4-3-5-18-40)37-31-39-19-14-29-56-57(39)51-25-12-13-28-55(51)64-56/h3-30,32-37H,31H2,1-2H3,(H2,62,63)/b54-37-. The van der Waals surface area contributed by atoms with Crippen LogP contribution in [0.1, 0.15) is 41.7 Å². The zero-order chi connectivity index (χ0) is 42.9. The molecule has 64 heavy (non-hydrogen) atoms. The summed E-state index contributed by atoms with van der Waals surface area (Å²) in [6, 6.07) is 72.8. The lowest BCUT2D eigenvalue weighted by molar-refractivity contribution is 0.661. The molecule has 0 saturated heterocycles. The van der Waals surface area contributed by atoms with E-state index in [0.29, 0.717) is 12.3 Å². The van der Waals surface area contributed by atoms with Crippen LogP contribution in [0.25, 0.3) is 91.6 Å². The average Bonchev–Trinajstić information content (AvgIpc) is 3.85. The topological polar surface area (TPSA) is 38.4 Å². The largest absolute Gasteiger partial charge is 0.383 e. The molecule has 0 radical (unpaired) electrons. The van der Waals surface area contributed by atoms with E-state index in [4.69, 9.17) is 10.7 Å². The highest BCUT2D eigenvalue weighted by Crippen LogP contribution is 2.55. The number of nitrogens with zero attached hydrogens (tertiary/aromatic N) is 1. The lowest BCUT2D eigenvalue weighted by Crippen LogP contribution is -2.14. The van der Waals surface area contributed by atoms with E-state index in [1.54, 1.807) is 0 Å². The minimum atomic E-state index is -0.115. The van der Waals surface area contributed by atoms with E-state index in [-0.39, 0.29) is 5.41 Å². The molecule has 0 aliphatic heterocycles. The van der Waals surface area contributed by atoms with E-state index in [1.165, 1.54) is 97.2 Å². The van der Waals surface area contributed by atoms with Crippen LogP contribution >= 0.6 is 11.3 Å². The van der Waals surface area contributed by atoms with E-state index >= 15 is 0 Å². The SMILES string of the molecule is CC1(C)c2cccc(-c3ccc(-c4ccc(/C(=C/Cc5cccc6sc7ccccc7c56)N=C(N)c5ccccc5)c5ccccc45)c4ccccc34)c2-c2c1ccc1ccccc21. The average molecular weight is 837 g/mol. The second kappa shape index (κ2) is 15.0. The maximum atomic E-state index is 6.85. The predicted octanol–water partition coefficient (Wildman–Crippen LogP) is 16.1. The zero-order valence-corrected chi connectivity index (χ0v) is 36.6. The lowest BCUT2D eigenvalue weighted by atomic mass is 9.81. The van der Waals surface area contributed by atoms with Crippen LogP contribution in [-0.4, -0.2) is 5.84 Å². The molecule has 1 heterocycles. The van der Waals surface area contributed by atoms with Crippen LogP contribution in [-0.2, 0) is 11.8 Å². The van der Waals surface area contributed by atoms with Gasteiger partial charge in [0.15, 0.2) is 0 Å². The molecule has 1 aliphatic rings. The first kappa shape index (κ1) is 38.1. The Hall–Kier alpha value is -7.59. The Kier molecular flexibility index (Phi) is 8.96. The van der Waals surface area contributed by atoms with Crippen molar-refractivity contribution in [2.24, 2.45) is 10.7 Å². The van der Waals surface area contributed by atoms with Crippen molar-refractivity contribution in [2.45, 2.75) is 25.7 Å². The molecule has 10 aromatic carbocycles. The summed E-state index contributed by atoms with van der Waals surface area (Å²) in [6.45, 7) is 4.75. The third-order valence-corrected chi connectivity index (χ3v) is 14.7. The van der Waals surface area contributed by atoms with E-state index < -0.39 is 0 Å². The Bertz CT molecular complexity index is 3740.